The minimum absolute atomic E-state index is 0.00732. The van der Waals surface area contributed by atoms with Gasteiger partial charge in [-0.25, -0.2) is 13.1 Å². The Bertz CT molecular complexity index is 541. The summed E-state index contributed by atoms with van der Waals surface area (Å²) in [6, 6.07) is 4.79. The monoisotopic (exact) mass is 397 g/mol. The summed E-state index contributed by atoms with van der Waals surface area (Å²) in [5, 5.41) is 0. The number of benzene rings is 1. The molecule has 0 aliphatic carbocycles. The fourth-order valence-corrected chi connectivity index (χ4v) is 3.94. The fraction of sp³-hybridized carbons (Fsp3) is 0.500. The van der Waals surface area contributed by atoms with E-state index in [1.807, 2.05) is 0 Å². The van der Waals surface area contributed by atoms with Crippen molar-refractivity contribution in [1.82, 2.24) is 4.72 Å². The first-order chi connectivity index (χ1) is 9.03. The summed E-state index contributed by atoms with van der Waals surface area (Å²) >= 11 is 2.05. The lowest BCUT2D eigenvalue weighted by molar-refractivity contribution is 0.114. The predicted molar refractivity (Wildman–Crippen MR) is 79.9 cm³/mol. The molecule has 1 saturated heterocycles. The van der Waals surface area contributed by atoms with E-state index in [4.69, 9.17) is 9.47 Å². The number of methoxy groups -OCH3 is 1. The van der Waals surface area contributed by atoms with Crippen molar-refractivity contribution in [2.45, 2.75) is 23.8 Å². The predicted octanol–water partition coefficient (Wildman–Crippen LogP) is 1.76. The van der Waals surface area contributed by atoms with Gasteiger partial charge in [0.1, 0.15) is 5.75 Å². The SMILES string of the molecule is COc1ccc(S(=O)(=O)NCC2CCCO2)cc1I. The molecule has 1 unspecified atom stereocenters. The van der Waals surface area contributed by atoms with Crippen LogP contribution < -0.4 is 9.46 Å². The first-order valence-electron chi connectivity index (χ1n) is 5.98. The second kappa shape index (κ2) is 6.38. The van der Waals surface area contributed by atoms with Crippen LogP contribution in [0.5, 0.6) is 5.75 Å². The standard InChI is InChI=1S/C12H16INO4S/c1-17-12-5-4-10(7-11(12)13)19(15,16)14-8-9-3-2-6-18-9/h4-5,7,9,14H,2-3,6,8H2,1H3. The van der Waals surface area contributed by atoms with E-state index in [1.165, 1.54) is 0 Å². The molecule has 1 atom stereocenters. The Morgan fingerprint density at radius 3 is 2.89 bits per heavy atom. The normalized spacial score (nSPS) is 19.6. The number of halogens is 1. The van der Waals surface area contributed by atoms with Gasteiger partial charge in [-0.15, -0.1) is 0 Å². The summed E-state index contributed by atoms with van der Waals surface area (Å²) < 4.78 is 38.1. The van der Waals surface area contributed by atoms with E-state index in [0.717, 1.165) is 16.4 Å². The van der Waals surface area contributed by atoms with Gasteiger partial charge >= 0.3 is 0 Å². The Morgan fingerprint density at radius 1 is 1.53 bits per heavy atom. The first kappa shape index (κ1) is 15.0. The Hall–Kier alpha value is -0.380. The van der Waals surface area contributed by atoms with Crippen LogP contribution in [0, 0.1) is 3.57 Å². The molecule has 19 heavy (non-hydrogen) atoms. The molecule has 1 N–H and O–H groups in total. The van der Waals surface area contributed by atoms with Crippen LogP contribution in [-0.2, 0) is 14.8 Å². The summed E-state index contributed by atoms with van der Waals surface area (Å²) in [5.41, 5.74) is 0. The molecule has 1 aliphatic rings. The molecule has 1 fully saturated rings. The third-order valence-corrected chi connectivity index (χ3v) is 5.22. The van der Waals surface area contributed by atoms with Gasteiger partial charge in [-0.1, -0.05) is 0 Å². The van der Waals surface area contributed by atoms with E-state index in [1.54, 1.807) is 25.3 Å². The van der Waals surface area contributed by atoms with Crippen LogP contribution in [0.15, 0.2) is 23.1 Å². The number of ether oxygens (including phenoxy) is 2. The van der Waals surface area contributed by atoms with Gasteiger partial charge in [0.05, 0.1) is 21.7 Å². The molecule has 0 saturated carbocycles. The quantitative estimate of drug-likeness (QED) is 0.770. The molecular weight excluding hydrogens is 381 g/mol. The van der Waals surface area contributed by atoms with Crippen LogP contribution >= 0.6 is 22.6 Å². The number of nitrogens with one attached hydrogen (secondary N) is 1. The van der Waals surface area contributed by atoms with Gasteiger partial charge in [-0.05, 0) is 53.6 Å². The highest BCUT2D eigenvalue weighted by molar-refractivity contribution is 14.1. The van der Waals surface area contributed by atoms with E-state index in [9.17, 15) is 8.42 Å². The van der Waals surface area contributed by atoms with Gasteiger partial charge in [0, 0.05) is 13.2 Å². The number of hydrogen-bond donors (Lipinski definition) is 1. The highest BCUT2D eigenvalue weighted by Crippen LogP contribution is 2.23. The summed E-state index contributed by atoms with van der Waals surface area (Å²) in [4.78, 5) is 0.246. The molecular formula is C12H16INO4S. The van der Waals surface area contributed by atoms with E-state index < -0.39 is 10.0 Å². The lowest BCUT2D eigenvalue weighted by Crippen LogP contribution is -2.31. The van der Waals surface area contributed by atoms with Crippen LogP contribution in [0.1, 0.15) is 12.8 Å². The molecule has 1 aromatic carbocycles. The van der Waals surface area contributed by atoms with Gasteiger partial charge in [0.2, 0.25) is 10.0 Å². The Morgan fingerprint density at radius 2 is 2.32 bits per heavy atom. The Balaban J connectivity index is 2.08. The third-order valence-electron chi connectivity index (χ3n) is 2.96. The smallest absolute Gasteiger partial charge is 0.240 e. The van der Waals surface area contributed by atoms with E-state index in [-0.39, 0.29) is 11.0 Å². The Labute approximate surface area is 126 Å². The van der Waals surface area contributed by atoms with Gasteiger partial charge in [0.15, 0.2) is 0 Å². The highest BCUT2D eigenvalue weighted by atomic mass is 127. The Kier molecular flexibility index (Phi) is 5.04. The van der Waals surface area contributed by atoms with Crippen molar-refractivity contribution >= 4 is 32.6 Å². The first-order valence-corrected chi connectivity index (χ1v) is 8.54. The molecule has 0 radical (unpaired) electrons. The summed E-state index contributed by atoms with van der Waals surface area (Å²) in [5.74, 6) is 0.665. The molecule has 1 aliphatic heterocycles. The second-order valence-electron chi connectivity index (χ2n) is 4.28. The maximum absolute atomic E-state index is 12.1. The number of rotatable bonds is 5. The summed E-state index contributed by atoms with van der Waals surface area (Å²) in [7, 11) is -1.93. The second-order valence-corrected chi connectivity index (χ2v) is 7.21. The van der Waals surface area contributed by atoms with Crippen molar-refractivity contribution in [3.8, 4) is 5.75 Å². The third kappa shape index (κ3) is 3.80. The van der Waals surface area contributed by atoms with Gasteiger partial charge < -0.3 is 9.47 Å². The van der Waals surface area contributed by atoms with E-state index >= 15 is 0 Å². The van der Waals surface area contributed by atoms with E-state index in [2.05, 4.69) is 27.3 Å². The lowest BCUT2D eigenvalue weighted by Gasteiger charge is -2.12. The lowest BCUT2D eigenvalue weighted by atomic mass is 10.2. The average molecular weight is 397 g/mol. The highest BCUT2D eigenvalue weighted by Gasteiger charge is 2.20. The molecule has 0 spiro atoms. The zero-order valence-corrected chi connectivity index (χ0v) is 13.5. The van der Waals surface area contributed by atoms with Crippen molar-refractivity contribution in [3.05, 3.63) is 21.8 Å². The van der Waals surface area contributed by atoms with Crippen molar-refractivity contribution in [1.29, 1.82) is 0 Å². The van der Waals surface area contributed by atoms with Gasteiger partial charge in [-0.3, -0.25) is 0 Å². The van der Waals surface area contributed by atoms with Crippen molar-refractivity contribution in [3.63, 3.8) is 0 Å². The molecule has 5 nitrogen and oxygen atoms in total. The zero-order valence-electron chi connectivity index (χ0n) is 10.6. The molecule has 1 aromatic rings. The largest absolute Gasteiger partial charge is 0.496 e. The molecule has 0 aromatic heterocycles. The molecule has 0 bridgehead atoms. The topological polar surface area (TPSA) is 64.6 Å². The fourth-order valence-electron chi connectivity index (χ4n) is 1.91. The molecule has 106 valence electrons. The van der Waals surface area contributed by atoms with Crippen LogP contribution in [0.3, 0.4) is 0 Å². The molecule has 1 heterocycles. The average Bonchev–Trinajstić information content (AvgIpc) is 2.89. The van der Waals surface area contributed by atoms with Crippen molar-refractivity contribution in [2.24, 2.45) is 0 Å². The van der Waals surface area contributed by atoms with Crippen LogP contribution in [0.2, 0.25) is 0 Å². The van der Waals surface area contributed by atoms with Crippen LogP contribution in [-0.4, -0.2) is 34.8 Å². The van der Waals surface area contributed by atoms with Crippen molar-refractivity contribution < 1.29 is 17.9 Å². The van der Waals surface area contributed by atoms with Crippen LogP contribution in [0.4, 0.5) is 0 Å². The number of sulfonamides is 1. The minimum atomic E-state index is -3.49. The van der Waals surface area contributed by atoms with Crippen LogP contribution in [0.25, 0.3) is 0 Å². The maximum Gasteiger partial charge on any atom is 0.240 e. The summed E-state index contributed by atoms with van der Waals surface area (Å²) in [6.45, 7) is 1.04. The molecule has 0 amide bonds. The van der Waals surface area contributed by atoms with E-state index in [0.29, 0.717) is 18.9 Å². The maximum atomic E-state index is 12.1. The van der Waals surface area contributed by atoms with Gasteiger partial charge in [-0.2, -0.15) is 0 Å². The minimum Gasteiger partial charge on any atom is -0.496 e. The molecule has 7 heteroatoms. The van der Waals surface area contributed by atoms with Gasteiger partial charge in [0.25, 0.3) is 0 Å². The van der Waals surface area contributed by atoms with Crippen molar-refractivity contribution in [2.75, 3.05) is 20.3 Å². The zero-order chi connectivity index (χ0) is 13.9. The molecule has 2 rings (SSSR count). The summed E-state index contributed by atoms with van der Waals surface area (Å²) in [6.07, 6.45) is 1.89. The number of hydrogen-bond acceptors (Lipinski definition) is 4.